The second-order valence-corrected chi connectivity index (χ2v) is 6.99. The summed E-state index contributed by atoms with van der Waals surface area (Å²) in [5, 5.41) is 5.51. The standard InChI is InChI=1S/C13H24N2O3S/c1-9(14-12(17)18-13(2,3)4)11(16)15-10-5-7-19-8-6-10/h9-10H,5-8H2,1-4H3,(H,14,17)(H,15,16). The van der Waals surface area contributed by atoms with Crippen LogP contribution < -0.4 is 10.6 Å². The normalized spacial score (nSPS) is 18.5. The maximum absolute atomic E-state index is 11.9. The van der Waals surface area contributed by atoms with Crippen LogP contribution in [0.1, 0.15) is 40.5 Å². The van der Waals surface area contributed by atoms with Crippen molar-refractivity contribution in [1.29, 1.82) is 0 Å². The summed E-state index contributed by atoms with van der Waals surface area (Å²) in [6.07, 6.45) is 1.43. The summed E-state index contributed by atoms with van der Waals surface area (Å²) in [5.41, 5.74) is -0.555. The summed E-state index contributed by atoms with van der Waals surface area (Å²) in [6.45, 7) is 7.03. The molecule has 0 aliphatic carbocycles. The van der Waals surface area contributed by atoms with E-state index in [-0.39, 0.29) is 11.9 Å². The zero-order valence-corrected chi connectivity index (χ0v) is 12.9. The fourth-order valence-electron chi connectivity index (χ4n) is 1.72. The number of rotatable bonds is 3. The van der Waals surface area contributed by atoms with Crippen LogP contribution in [0.15, 0.2) is 0 Å². The molecule has 0 aromatic heterocycles. The Kier molecular flexibility index (Phi) is 5.97. The maximum atomic E-state index is 11.9. The first-order valence-corrected chi connectivity index (χ1v) is 7.81. The molecule has 110 valence electrons. The average Bonchev–Trinajstić information content (AvgIpc) is 2.27. The lowest BCUT2D eigenvalue weighted by Crippen LogP contribution is -2.49. The van der Waals surface area contributed by atoms with E-state index in [0.29, 0.717) is 0 Å². The molecule has 0 aromatic rings. The van der Waals surface area contributed by atoms with Crippen molar-refractivity contribution >= 4 is 23.8 Å². The minimum Gasteiger partial charge on any atom is -0.444 e. The van der Waals surface area contributed by atoms with Gasteiger partial charge in [0.15, 0.2) is 0 Å². The van der Waals surface area contributed by atoms with Crippen molar-refractivity contribution in [3.05, 3.63) is 0 Å². The van der Waals surface area contributed by atoms with Crippen LogP contribution in [0, 0.1) is 0 Å². The minimum absolute atomic E-state index is 0.150. The van der Waals surface area contributed by atoms with Gasteiger partial charge in [0, 0.05) is 6.04 Å². The maximum Gasteiger partial charge on any atom is 0.408 e. The van der Waals surface area contributed by atoms with Gasteiger partial charge in [-0.1, -0.05) is 0 Å². The largest absolute Gasteiger partial charge is 0.444 e. The Hall–Kier alpha value is -0.910. The van der Waals surface area contributed by atoms with Gasteiger partial charge in [-0.05, 0) is 52.0 Å². The van der Waals surface area contributed by atoms with Crippen LogP contribution in [0.5, 0.6) is 0 Å². The number of ether oxygens (including phenoxy) is 1. The van der Waals surface area contributed by atoms with Crippen LogP contribution in [-0.4, -0.2) is 41.2 Å². The van der Waals surface area contributed by atoms with Crippen LogP contribution in [0.2, 0.25) is 0 Å². The number of hydrogen-bond acceptors (Lipinski definition) is 4. The minimum atomic E-state index is -0.579. The Morgan fingerprint density at radius 1 is 1.26 bits per heavy atom. The summed E-state index contributed by atoms with van der Waals surface area (Å²) in [6, 6.07) is -0.346. The van der Waals surface area contributed by atoms with E-state index in [2.05, 4.69) is 10.6 Å². The summed E-state index contributed by atoms with van der Waals surface area (Å²) < 4.78 is 5.12. The van der Waals surface area contributed by atoms with Crippen molar-refractivity contribution < 1.29 is 14.3 Å². The third-order valence-electron chi connectivity index (χ3n) is 2.69. The van der Waals surface area contributed by atoms with Gasteiger partial charge in [-0.2, -0.15) is 11.8 Å². The van der Waals surface area contributed by atoms with Crippen molar-refractivity contribution in [1.82, 2.24) is 10.6 Å². The first kappa shape index (κ1) is 16.1. The Balaban J connectivity index is 2.33. The third-order valence-corrected chi connectivity index (χ3v) is 3.74. The van der Waals surface area contributed by atoms with Gasteiger partial charge in [0.2, 0.25) is 5.91 Å². The molecule has 1 unspecified atom stereocenters. The molecule has 0 saturated carbocycles. The monoisotopic (exact) mass is 288 g/mol. The van der Waals surface area contributed by atoms with Gasteiger partial charge in [0.05, 0.1) is 0 Å². The molecule has 1 aliphatic rings. The number of hydrogen-bond donors (Lipinski definition) is 2. The molecular formula is C13H24N2O3S. The van der Waals surface area contributed by atoms with Crippen LogP contribution in [0.4, 0.5) is 4.79 Å². The highest BCUT2D eigenvalue weighted by molar-refractivity contribution is 7.99. The zero-order valence-electron chi connectivity index (χ0n) is 12.1. The van der Waals surface area contributed by atoms with Crippen molar-refractivity contribution in [2.24, 2.45) is 0 Å². The molecule has 1 rings (SSSR count). The highest BCUT2D eigenvalue weighted by atomic mass is 32.2. The van der Waals surface area contributed by atoms with E-state index in [1.54, 1.807) is 27.7 Å². The number of carbonyl (C=O) groups is 2. The lowest BCUT2D eigenvalue weighted by atomic mass is 10.1. The molecule has 1 heterocycles. The topological polar surface area (TPSA) is 67.4 Å². The second kappa shape index (κ2) is 7.03. The SMILES string of the molecule is CC(NC(=O)OC(C)(C)C)C(=O)NC1CCSCC1. The van der Waals surface area contributed by atoms with Gasteiger partial charge in [-0.15, -0.1) is 0 Å². The molecule has 19 heavy (non-hydrogen) atoms. The molecule has 1 aliphatic heterocycles. The summed E-state index contributed by atoms with van der Waals surface area (Å²) in [7, 11) is 0. The molecule has 1 atom stereocenters. The van der Waals surface area contributed by atoms with Gasteiger partial charge in [-0.3, -0.25) is 4.79 Å². The van der Waals surface area contributed by atoms with E-state index < -0.39 is 17.7 Å². The first-order valence-electron chi connectivity index (χ1n) is 6.65. The molecule has 0 radical (unpaired) electrons. The number of carbonyl (C=O) groups excluding carboxylic acids is 2. The predicted molar refractivity (Wildman–Crippen MR) is 77.3 cm³/mol. The smallest absolute Gasteiger partial charge is 0.408 e. The van der Waals surface area contributed by atoms with Gasteiger partial charge in [-0.25, -0.2) is 4.79 Å². The summed E-state index contributed by atoms with van der Waals surface area (Å²) in [5.74, 6) is 2.01. The van der Waals surface area contributed by atoms with Crippen LogP contribution in [0.3, 0.4) is 0 Å². The number of nitrogens with one attached hydrogen (secondary N) is 2. The summed E-state index contributed by atoms with van der Waals surface area (Å²) in [4.78, 5) is 23.5. The van der Waals surface area contributed by atoms with Crippen LogP contribution >= 0.6 is 11.8 Å². The van der Waals surface area contributed by atoms with E-state index in [0.717, 1.165) is 24.3 Å². The highest BCUT2D eigenvalue weighted by Crippen LogP contribution is 2.16. The van der Waals surface area contributed by atoms with Crippen molar-refractivity contribution in [3.63, 3.8) is 0 Å². The molecule has 0 aromatic carbocycles. The number of alkyl carbamates (subject to hydrolysis) is 1. The van der Waals surface area contributed by atoms with Gasteiger partial charge >= 0.3 is 6.09 Å². The highest BCUT2D eigenvalue weighted by Gasteiger charge is 2.23. The molecule has 1 saturated heterocycles. The quantitative estimate of drug-likeness (QED) is 0.832. The Bertz CT molecular complexity index is 322. The zero-order chi connectivity index (χ0) is 14.5. The fraction of sp³-hybridized carbons (Fsp3) is 0.846. The van der Waals surface area contributed by atoms with Crippen molar-refractivity contribution in [2.45, 2.75) is 58.2 Å². The molecule has 5 nitrogen and oxygen atoms in total. The molecule has 2 N–H and O–H groups in total. The van der Waals surface area contributed by atoms with Gasteiger partial charge in [0.1, 0.15) is 11.6 Å². The number of thioether (sulfide) groups is 1. The van der Waals surface area contributed by atoms with Gasteiger partial charge in [0.25, 0.3) is 0 Å². The Labute approximate surface area is 119 Å². The molecule has 0 spiro atoms. The van der Waals surface area contributed by atoms with Crippen LogP contribution in [-0.2, 0) is 9.53 Å². The Morgan fingerprint density at radius 2 is 1.84 bits per heavy atom. The Morgan fingerprint density at radius 3 is 2.37 bits per heavy atom. The van der Waals surface area contributed by atoms with E-state index in [9.17, 15) is 9.59 Å². The first-order chi connectivity index (χ1) is 8.78. The molecule has 0 bridgehead atoms. The van der Waals surface area contributed by atoms with E-state index in [1.165, 1.54) is 0 Å². The van der Waals surface area contributed by atoms with E-state index in [4.69, 9.17) is 4.74 Å². The number of amides is 2. The van der Waals surface area contributed by atoms with Crippen molar-refractivity contribution in [3.8, 4) is 0 Å². The predicted octanol–water partition coefficient (Wildman–Crippen LogP) is 1.91. The molecule has 1 fully saturated rings. The fourth-order valence-corrected chi connectivity index (χ4v) is 2.82. The van der Waals surface area contributed by atoms with Gasteiger partial charge < -0.3 is 15.4 Å². The van der Waals surface area contributed by atoms with Crippen LogP contribution in [0.25, 0.3) is 0 Å². The third kappa shape index (κ3) is 6.71. The van der Waals surface area contributed by atoms with E-state index >= 15 is 0 Å². The lowest BCUT2D eigenvalue weighted by molar-refractivity contribution is -0.123. The van der Waals surface area contributed by atoms with Crippen molar-refractivity contribution in [2.75, 3.05) is 11.5 Å². The average molecular weight is 288 g/mol. The second-order valence-electron chi connectivity index (χ2n) is 5.76. The molecular weight excluding hydrogens is 264 g/mol. The summed E-state index contributed by atoms with van der Waals surface area (Å²) >= 11 is 1.91. The molecule has 2 amide bonds. The van der Waals surface area contributed by atoms with E-state index in [1.807, 2.05) is 11.8 Å². The molecule has 6 heteroatoms. The lowest BCUT2D eigenvalue weighted by Gasteiger charge is -2.25.